The fourth-order valence-electron chi connectivity index (χ4n) is 2.50. The summed E-state index contributed by atoms with van der Waals surface area (Å²) < 4.78 is 17.4. The summed E-state index contributed by atoms with van der Waals surface area (Å²) in [5.41, 5.74) is 0.0332. The van der Waals surface area contributed by atoms with E-state index in [0.29, 0.717) is 19.3 Å². The number of rotatable bonds is 4. The SMILES string of the molecule is CC1CNCC(COCC2CCC(C)(C)O2)O1. The van der Waals surface area contributed by atoms with Gasteiger partial charge in [-0.15, -0.1) is 0 Å². The Morgan fingerprint density at radius 3 is 2.65 bits per heavy atom. The predicted molar refractivity (Wildman–Crippen MR) is 66.2 cm³/mol. The molecule has 0 aromatic rings. The molecule has 100 valence electrons. The van der Waals surface area contributed by atoms with E-state index in [0.717, 1.165) is 25.9 Å². The molecule has 4 heteroatoms. The molecule has 0 saturated carbocycles. The molecule has 0 bridgehead atoms. The molecule has 2 fully saturated rings. The Morgan fingerprint density at radius 2 is 2.00 bits per heavy atom. The molecule has 2 aliphatic heterocycles. The lowest BCUT2D eigenvalue weighted by molar-refractivity contribution is -0.0945. The van der Waals surface area contributed by atoms with Crippen LogP contribution >= 0.6 is 0 Å². The third kappa shape index (κ3) is 4.21. The van der Waals surface area contributed by atoms with Gasteiger partial charge < -0.3 is 19.5 Å². The second-order valence-electron chi connectivity index (χ2n) is 5.80. The Balaban J connectivity index is 1.60. The van der Waals surface area contributed by atoms with Crippen molar-refractivity contribution in [2.45, 2.75) is 57.5 Å². The van der Waals surface area contributed by atoms with Crippen molar-refractivity contribution in [2.24, 2.45) is 0 Å². The lowest BCUT2D eigenvalue weighted by atomic mass is 10.1. The molecule has 2 rings (SSSR count). The van der Waals surface area contributed by atoms with Gasteiger partial charge in [0.2, 0.25) is 0 Å². The van der Waals surface area contributed by atoms with Crippen LogP contribution in [0.3, 0.4) is 0 Å². The summed E-state index contributed by atoms with van der Waals surface area (Å²) >= 11 is 0. The van der Waals surface area contributed by atoms with Gasteiger partial charge in [0.15, 0.2) is 0 Å². The highest BCUT2D eigenvalue weighted by Crippen LogP contribution is 2.29. The molecule has 0 aromatic carbocycles. The fourth-order valence-corrected chi connectivity index (χ4v) is 2.50. The first-order valence-electron chi connectivity index (χ1n) is 6.67. The molecule has 3 atom stereocenters. The maximum atomic E-state index is 5.88. The van der Waals surface area contributed by atoms with Crippen LogP contribution in [-0.2, 0) is 14.2 Å². The van der Waals surface area contributed by atoms with Crippen LogP contribution in [0, 0.1) is 0 Å². The van der Waals surface area contributed by atoms with Gasteiger partial charge in [-0.3, -0.25) is 0 Å². The Labute approximate surface area is 104 Å². The average Bonchev–Trinajstić information content (AvgIpc) is 2.58. The van der Waals surface area contributed by atoms with Gasteiger partial charge in [0, 0.05) is 13.1 Å². The topological polar surface area (TPSA) is 39.7 Å². The maximum absolute atomic E-state index is 5.88. The van der Waals surface area contributed by atoms with E-state index in [1.807, 2.05) is 0 Å². The van der Waals surface area contributed by atoms with E-state index in [1.165, 1.54) is 0 Å². The zero-order chi connectivity index (χ0) is 12.3. The Bertz CT molecular complexity index is 243. The molecular formula is C13H25NO3. The Hall–Kier alpha value is -0.160. The third-order valence-corrected chi connectivity index (χ3v) is 3.39. The van der Waals surface area contributed by atoms with Crippen LogP contribution in [0.15, 0.2) is 0 Å². The van der Waals surface area contributed by atoms with Gasteiger partial charge in [0.1, 0.15) is 0 Å². The van der Waals surface area contributed by atoms with Gasteiger partial charge in [-0.05, 0) is 33.6 Å². The maximum Gasteiger partial charge on any atom is 0.0936 e. The van der Waals surface area contributed by atoms with Crippen LogP contribution in [0.25, 0.3) is 0 Å². The van der Waals surface area contributed by atoms with E-state index in [-0.39, 0.29) is 17.8 Å². The smallest absolute Gasteiger partial charge is 0.0936 e. The summed E-state index contributed by atoms with van der Waals surface area (Å²) in [4.78, 5) is 0. The molecule has 1 N–H and O–H groups in total. The van der Waals surface area contributed by atoms with E-state index in [2.05, 4.69) is 26.1 Å². The Kier molecular flexibility index (Phi) is 4.42. The minimum absolute atomic E-state index is 0.0332. The zero-order valence-electron chi connectivity index (χ0n) is 11.2. The molecule has 0 aromatic heterocycles. The molecule has 2 saturated heterocycles. The molecule has 2 heterocycles. The molecule has 2 aliphatic rings. The van der Waals surface area contributed by atoms with Crippen molar-refractivity contribution < 1.29 is 14.2 Å². The predicted octanol–water partition coefficient (Wildman–Crippen LogP) is 1.34. The third-order valence-electron chi connectivity index (χ3n) is 3.39. The summed E-state index contributed by atoms with van der Waals surface area (Å²) in [6, 6.07) is 0. The monoisotopic (exact) mass is 243 g/mol. The van der Waals surface area contributed by atoms with Crippen LogP contribution in [-0.4, -0.2) is 50.2 Å². The van der Waals surface area contributed by atoms with Crippen molar-refractivity contribution in [3.05, 3.63) is 0 Å². The van der Waals surface area contributed by atoms with Gasteiger partial charge in [0.05, 0.1) is 37.1 Å². The molecular weight excluding hydrogens is 218 g/mol. The number of hydrogen-bond acceptors (Lipinski definition) is 4. The van der Waals surface area contributed by atoms with E-state index < -0.39 is 0 Å². The molecule has 0 spiro atoms. The van der Waals surface area contributed by atoms with Gasteiger partial charge >= 0.3 is 0 Å². The average molecular weight is 243 g/mol. The van der Waals surface area contributed by atoms with Crippen LogP contribution < -0.4 is 5.32 Å². The first-order valence-corrected chi connectivity index (χ1v) is 6.67. The van der Waals surface area contributed by atoms with Crippen molar-refractivity contribution in [2.75, 3.05) is 26.3 Å². The quantitative estimate of drug-likeness (QED) is 0.809. The van der Waals surface area contributed by atoms with Crippen LogP contribution in [0.1, 0.15) is 33.6 Å². The molecule has 0 aliphatic carbocycles. The van der Waals surface area contributed by atoms with Crippen molar-refractivity contribution in [1.82, 2.24) is 5.32 Å². The summed E-state index contributed by atoms with van der Waals surface area (Å²) in [6.07, 6.45) is 2.97. The minimum atomic E-state index is 0.0332. The number of morpholine rings is 1. The normalized spacial score (nSPS) is 37.2. The standard InChI is InChI=1S/C13H25NO3/c1-10-6-14-7-12(16-10)9-15-8-11-4-5-13(2,3)17-11/h10-12,14H,4-9H2,1-3H3. The van der Waals surface area contributed by atoms with Gasteiger partial charge in [-0.2, -0.15) is 0 Å². The fraction of sp³-hybridized carbons (Fsp3) is 1.00. The largest absolute Gasteiger partial charge is 0.376 e. The summed E-state index contributed by atoms with van der Waals surface area (Å²) in [7, 11) is 0. The molecule has 4 nitrogen and oxygen atoms in total. The lowest BCUT2D eigenvalue weighted by Gasteiger charge is -2.29. The second kappa shape index (κ2) is 5.65. The summed E-state index contributed by atoms with van der Waals surface area (Å²) in [5.74, 6) is 0. The van der Waals surface area contributed by atoms with Crippen LogP contribution in [0.5, 0.6) is 0 Å². The van der Waals surface area contributed by atoms with Crippen molar-refractivity contribution >= 4 is 0 Å². The van der Waals surface area contributed by atoms with Gasteiger partial charge in [0.25, 0.3) is 0 Å². The van der Waals surface area contributed by atoms with E-state index in [9.17, 15) is 0 Å². The van der Waals surface area contributed by atoms with E-state index in [1.54, 1.807) is 0 Å². The second-order valence-corrected chi connectivity index (χ2v) is 5.80. The number of nitrogens with one attached hydrogen (secondary N) is 1. The highest BCUT2D eigenvalue weighted by Gasteiger charge is 2.31. The van der Waals surface area contributed by atoms with Gasteiger partial charge in [-0.1, -0.05) is 0 Å². The highest BCUT2D eigenvalue weighted by molar-refractivity contribution is 4.80. The Morgan fingerprint density at radius 1 is 1.24 bits per heavy atom. The van der Waals surface area contributed by atoms with E-state index >= 15 is 0 Å². The van der Waals surface area contributed by atoms with Crippen molar-refractivity contribution in [3.63, 3.8) is 0 Å². The zero-order valence-corrected chi connectivity index (χ0v) is 11.2. The van der Waals surface area contributed by atoms with Crippen LogP contribution in [0.4, 0.5) is 0 Å². The highest BCUT2D eigenvalue weighted by atomic mass is 16.6. The summed E-state index contributed by atoms with van der Waals surface area (Å²) in [6.45, 7) is 9.56. The molecule has 0 radical (unpaired) electrons. The number of hydrogen-bond donors (Lipinski definition) is 1. The van der Waals surface area contributed by atoms with Crippen molar-refractivity contribution in [1.29, 1.82) is 0 Å². The van der Waals surface area contributed by atoms with Crippen LogP contribution in [0.2, 0.25) is 0 Å². The minimum Gasteiger partial charge on any atom is -0.376 e. The number of ether oxygens (including phenoxy) is 3. The van der Waals surface area contributed by atoms with E-state index in [4.69, 9.17) is 14.2 Å². The molecule has 17 heavy (non-hydrogen) atoms. The summed E-state index contributed by atoms with van der Waals surface area (Å²) in [5, 5.41) is 3.34. The first kappa shape index (κ1) is 13.3. The molecule has 0 amide bonds. The van der Waals surface area contributed by atoms with Crippen molar-refractivity contribution in [3.8, 4) is 0 Å². The lowest BCUT2D eigenvalue weighted by Crippen LogP contribution is -2.45. The first-order chi connectivity index (χ1) is 8.05. The molecule has 3 unspecified atom stereocenters. The van der Waals surface area contributed by atoms with Gasteiger partial charge in [-0.25, -0.2) is 0 Å².